The van der Waals surface area contributed by atoms with E-state index in [1.165, 1.54) is 36.5 Å². The first kappa shape index (κ1) is 18.8. The van der Waals surface area contributed by atoms with Gasteiger partial charge in [-0.3, -0.25) is 9.78 Å². The fourth-order valence-electron chi connectivity index (χ4n) is 2.44. The number of halogens is 3. The van der Waals surface area contributed by atoms with Gasteiger partial charge in [0, 0.05) is 24.1 Å². The summed E-state index contributed by atoms with van der Waals surface area (Å²) in [7, 11) is 0. The summed E-state index contributed by atoms with van der Waals surface area (Å²) in [5.41, 5.74) is 2.32. The summed E-state index contributed by atoms with van der Waals surface area (Å²) in [6, 6.07) is 13.6. The topological polar surface area (TPSA) is 54.0 Å². The molecular formula is C20H16ClF2N3O. The predicted molar refractivity (Wildman–Crippen MR) is 102 cm³/mol. The van der Waals surface area contributed by atoms with E-state index in [0.717, 1.165) is 11.3 Å². The molecule has 0 spiro atoms. The third-order valence-electron chi connectivity index (χ3n) is 3.83. The molecule has 0 unspecified atom stereocenters. The second-order valence-corrected chi connectivity index (χ2v) is 6.22. The molecule has 2 N–H and O–H groups in total. The van der Waals surface area contributed by atoms with Crippen LogP contribution in [0, 0.1) is 11.6 Å². The highest BCUT2D eigenvalue weighted by atomic mass is 35.5. The Bertz CT molecular complexity index is 948. The second kappa shape index (κ2) is 8.60. The fourth-order valence-corrected chi connectivity index (χ4v) is 2.62. The average molecular weight is 388 g/mol. The molecule has 0 bridgehead atoms. The van der Waals surface area contributed by atoms with E-state index in [4.69, 9.17) is 11.6 Å². The lowest BCUT2D eigenvalue weighted by Crippen LogP contribution is -2.14. The molecule has 0 radical (unpaired) electrons. The zero-order valence-electron chi connectivity index (χ0n) is 14.2. The molecule has 27 heavy (non-hydrogen) atoms. The number of carbonyl (C=O) groups excluding carboxylic acids is 1. The normalized spacial score (nSPS) is 10.5. The number of carbonyl (C=O) groups is 1. The second-order valence-electron chi connectivity index (χ2n) is 5.82. The number of hydrogen-bond acceptors (Lipinski definition) is 3. The maximum Gasteiger partial charge on any atom is 0.274 e. The van der Waals surface area contributed by atoms with Crippen molar-refractivity contribution in [2.24, 2.45) is 0 Å². The highest BCUT2D eigenvalue weighted by molar-refractivity contribution is 6.31. The van der Waals surface area contributed by atoms with Crippen LogP contribution in [-0.4, -0.2) is 17.4 Å². The lowest BCUT2D eigenvalue weighted by atomic mass is 10.1. The molecular weight excluding hydrogens is 372 g/mol. The summed E-state index contributed by atoms with van der Waals surface area (Å²) in [5, 5.41) is 5.75. The number of hydrogen-bond donors (Lipinski definition) is 2. The van der Waals surface area contributed by atoms with Gasteiger partial charge < -0.3 is 10.6 Å². The first-order valence-corrected chi connectivity index (χ1v) is 8.60. The molecule has 3 aromatic rings. The predicted octanol–water partition coefficient (Wildman–Crippen LogP) is 4.92. The molecule has 0 aliphatic rings. The van der Waals surface area contributed by atoms with Crippen molar-refractivity contribution in [3.63, 3.8) is 0 Å². The van der Waals surface area contributed by atoms with Crippen LogP contribution in [0.25, 0.3) is 0 Å². The number of nitrogens with one attached hydrogen (secondary N) is 2. The van der Waals surface area contributed by atoms with E-state index < -0.39 is 11.7 Å². The van der Waals surface area contributed by atoms with E-state index >= 15 is 0 Å². The Hall–Kier alpha value is -2.99. The van der Waals surface area contributed by atoms with Crippen molar-refractivity contribution in [1.29, 1.82) is 0 Å². The van der Waals surface area contributed by atoms with Crippen LogP contribution in [0.5, 0.6) is 0 Å². The third kappa shape index (κ3) is 5.24. The molecule has 0 saturated carbocycles. The summed E-state index contributed by atoms with van der Waals surface area (Å²) in [6.45, 7) is 0.615. The van der Waals surface area contributed by atoms with Crippen molar-refractivity contribution in [2.75, 3.05) is 17.2 Å². The average Bonchev–Trinajstić information content (AvgIpc) is 2.66. The summed E-state index contributed by atoms with van der Waals surface area (Å²) >= 11 is 5.71. The van der Waals surface area contributed by atoms with Crippen LogP contribution < -0.4 is 10.6 Å². The minimum Gasteiger partial charge on any atom is -0.385 e. The molecule has 0 fully saturated rings. The monoisotopic (exact) mass is 387 g/mol. The van der Waals surface area contributed by atoms with Gasteiger partial charge in [-0.2, -0.15) is 0 Å². The maximum absolute atomic E-state index is 13.2. The molecule has 2 aromatic carbocycles. The Morgan fingerprint density at radius 3 is 2.52 bits per heavy atom. The quantitative estimate of drug-likeness (QED) is 0.631. The molecule has 7 heteroatoms. The molecule has 4 nitrogen and oxygen atoms in total. The van der Waals surface area contributed by atoms with Crippen LogP contribution in [0.2, 0.25) is 5.02 Å². The van der Waals surface area contributed by atoms with Gasteiger partial charge in [-0.25, -0.2) is 8.78 Å². The van der Waals surface area contributed by atoms with Crippen molar-refractivity contribution < 1.29 is 13.6 Å². The largest absolute Gasteiger partial charge is 0.385 e. The number of amides is 1. The first-order chi connectivity index (χ1) is 13.0. The molecule has 0 saturated heterocycles. The highest BCUT2D eigenvalue weighted by Gasteiger charge is 2.10. The van der Waals surface area contributed by atoms with E-state index in [0.29, 0.717) is 18.7 Å². The number of nitrogens with zero attached hydrogens (tertiary/aromatic N) is 1. The summed E-state index contributed by atoms with van der Waals surface area (Å²) in [5.74, 6) is -1.25. The number of benzene rings is 2. The Balaban J connectivity index is 1.59. The smallest absolute Gasteiger partial charge is 0.274 e. The number of aromatic nitrogens is 1. The lowest BCUT2D eigenvalue weighted by Gasteiger charge is -2.09. The van der Waals surface area contributed by atoms with Gasteiger partial charge >= 0.3 is 0 Å². The number of anilines is 2. The Labute approximate surface area is 160 Å². The van der Waals surface area contributed by atoms with Gasteiger partial charge in [0.1, 0.15) is 17.3 Å². The zero-order valence-corrected chi connectivity index (χ0v) is 14.9. The Morgan fingerprint density at radius 1 is 1.00 bits per heavy atom. The van der Waals surface area contributed by atoms with Crippen molar-refractivity contribution in [2.45, 2.75) is 6.42 Å². The van der Waals surface area contributed by atoms with Gasteiger partial charge in [0.2, 0.25) is 0 Å². The molecule has 1 amide bonds. The van der Waals surface area contributed by atoms with Crippen molar-refractivity contribution in [3.05, 3.63) is 88.7 Å². The fraction of sp³-hybridized carbons (Fsp3) is 0.100. The molecule has 0 aliphatic heterocycles. The Morgan fingerprint density at radius 2 is 1.78 bits per heavy atom. The third-order valence-corrected chi connectivity index (χ3v) is 4.12. The van der Waals surface area contributed by atoms with Crippen LogP contribution in [0.1, 0.15) is 16.1 Å². The van der Waals surface area contributed by atoms with E-state index in [2.05, 4.69) is 15.6 Å². The van der Waals surface area contributed by atoms with Gasteiger partial charge in [-0.05, 0) is 54.4 Å². The van der Waals surface area contributed by atoms with Gasteiger partial charge in [0.05, 0.1) is 5.02 Å². The minimum absolute atomic E-state index is 0.0723. The zero-order chi connectivity index (χ0) is 19.2. The highest BCUT2D eigenvalue weighted by Crippen LogP contribution is 2.20. The molecule has 0 aliphatic carbocycles. The van der Waals surface area contributed by atoms with Gasteiger partial charge in [0.15, 0.2) is 0 Å². The molecule has 0 atom stereocenters. The lowest BCUT2D eigenvalue weighted by molar-refractivity contribution is 0.102. The maximum atomic E-state index is 13.2. The minimum atomic E-state index is -0.555. The van der Waals surface area contributed by atoms with Crippen LogP contribution in [0.4, 0.5) is 20.2 Å². The van der Waals surface area contributed by atoms with Crippen LogP contribution >= 0.6 is 11.6 Å². The number of rotatable bonds is 6. The molecule has 138 valence electrons. The van der Waals surface area contributed by atoms with Crippen LogP contribution in [0.3, 0.4) is 0 Å². The van der Waals surface area contributed by atoms with Crippen molar-refractivity contribution in [3.8, 4) is 0 Å². The van der Waals surface area contributed by atoms with Gasteiger partial charge in [-0.1, -0.05) is 23.7 Å². The van der Waals surface area contributed by atoms with Crippen molar-refractivity contribution >= 4 is 28.9 Å². The standard InChI is InChI=1S/C20H16ClF2N3O/c21-17-11-16(5-6-18(17)23)26-20(27)19-12-15(8-10-25-19)24-9-7-13-1-3-14(22)4-2-13/h1-6,8,10-12H,7,9H2,(H,24,25)(H,26,27). The van der Waals surface area contributed by atoms with Gasteiger partial charge in [0.25, 0.3) is 5.91 Å². The van der Waals surface area contributed by atoms with Gasteiger partial charge in [-0.15, -0.1) is 0 Å². The van der Waals surface area contributed by atoms with E-state index in [9.17, 15) is 13.6 Å². The Kier molecular flexibility index (Phi) is 5.98. The summed E-state index contributed by atoms with van der Waals surface area (Å²) in [6.07, 6.45) is 2.23. The molecule has 3 rings (SSSR count). The van der Waals surface area contributed by atoms with E-state index in [-0.39, 0.29) is 16.5 Å². The van der Waals surface area contributed by atoms with Crippen LogP contribution in [0.15, 0.2) is 60.8 Å². The summed E-state index contributed by atoms with van der Waals surface area (Å²) < 4.78 is 26.1. The first-order valence-electron chi connectivity index (χ1n) is 8.22. The SMILES string of the molecule is O=C(Nc1ccc(F)c(Cl)c1)c1cc(NCCc2ccc(F)cc2)ccn1. The van der Waals surface area contributed by atoms with Crippen molar-refractivity contribution in [1.82, 2.24) is 4.98 Å². The van der Waals surface area contributed by atoms with E-state index in [1.54, 1.807) is 24.3 Å². The summed E-state index contributed by atoms with van der Waals surface area (Å²) in [4.78, 5) is 16.4. The van der Waals surface area contributed by atoms with E-state index in [1.807, 2.05) is 0 Å². The van der Waals surface area contributed by atoms with Crippen LogP contribution in [-0.2, 0) is 6.42 Å². The molecule has 1 heterocycles. The number of pyridine rings is 1. The molecule has 1 aromatic heterocycles.